The van der Waals surface area contributed by atoms with E-state index in [2.05, 4.69) is 32.6 Å². The van der Waals surface area contributed by atoms with Gasteiger partial charge in [0, 0.05) is 17.2 Å². The third kappa shape index (κ3) is 5.85. The minimum atomic E-state index is -3.65. The molecule has 106 valence electrons. The zero-order valence-electron chi connectivity index (χ0n) is 10.3. The fourth-order valence-corrected chi connectivity index (χ4v) is 2.55. The molecule has 1 aromatic rings. The Labute approximate surface area is 126 Å². The van der Waals surface area contributed by atoms with E-state index >= 15 is 0 Å². The molecule has 0 bridgehead atoms. The van der Waals surface area contributed by atoms with Gasteiger partial charge in [-0.3, -0.25) is 4.79 Å². The Kier molecular flexibility index (Phi) is 6.69. The Morgan fingerprint density at radius 1 is 1.32 bits per heavy atom. The van der Waals surface area contributed by atoms with Crippen molar-refractivity contribution in [2.75, 3.05) is 26.8 Å². The van der Waals surface area contributed by atoms with E-state index in [1.165, 1.54) is 19.2 Å². The molecule has 1 amide bonds. The second kappa shape index (κ2) is 7.78. The lowest BCUT2D eigenvalue weighted by atomic mass is 10.4. The van der Waals surface area contributed by atoms with Crippen LogP contribution in [-0.2, 0) is 19.6 Å². The number of halogens is 1. The van der Waals surface area contributed by atoms with E-state index < -0.39 is 15.9 Å². The quantitative estimate of drug-likeness (QED) is 0.512. The van der Waals surface area contributed by atoms with Crippen LogP contribution in [0.3, 0.4) is 0 Å². The molecule has 0 saturated carbocycles. The molecule has 0 spiro atoms. The smallest absolute Gasteiger partial charge is 0.241 e. The molecule has 1 aromatic carbocycles. The highest BCUT2D eigenvalue weighted by molar-refractivity contribution is 14.1. The van der Waals surface area contributed by atoms with Gasteiger partial charge in [0.25, 0.3) is 0 Å². The maximum atomic E-state index is 11.9. The van der Waals surface area contributed by atoms with Gasteiger partial charge in [0.2, 0.25) is 15.9 Å². The first-order chi connectivity index (χ1) is 8.95. The molecule has 6 nitrogen and oxygen atoms in total. The topological polar surface area (TPSA) is 84.5 Å². The second-order valence-electron chi connectivity index (χ2n) is 3.62. The summed E-state index contributed by atoms with van der Waals surface area (Å²) in [5.41, 5.74) is 0. The van der Waals surface area contributed by atoms with Crippen molar-refractivity contribution in [2.24, 2.45) is 0 Å². The van der Waals surface area contributed by atoms with Crippen molar-refractivity contribution in [3.63, 3.8) is 0 Å². The van der Waals surface area contributed by atoms with Crippen LogP contribution in [0.2, 0.25) is 0 Å². The van der Waals surface area contributed by atoms with E-state index in [9.17, 15) is 13.2 Å². The van der Waals surface area contributed by atoms with Gasteiger partial charge in [-0.05, 0) is 46.9 Å². The van der Waals surface area contributed by atoms with Crippen molar-refractivity contribution in [2.45, 2.75) is 4.90 Å². The predicted octanol–water partition coefficient (Wildman–Crippen LogP) is 0.332. The number of hydrogen-bond acceptors (Lipinski definition) is 4. The van der Waals surface area contributed by atoms with E-state index in [0.29, 0.717) is 13.2 Å². The molecule has 0 saturated heterocycles. The van der Waals surface area contributed by atoms with Gasteiger partial charge in [-0.1, -0.05) is 0 Å². The molecule has 0 atom stereocenters. The first kappa shape index (κ1) is 16.3. The third-order valence-corrected chi connectivity index (χ3v) is 4.31. The minimum Gasteiger partial charge on any atom is -0.383 e. The van der Waals surface area contributed by atoms with Crippen LogP contribution < -0.4 is 10.0 Å². The number of amides is 1. The van der Waals surface area contributed by atoms with E-state index in [4.69, 9.17) is 4.74 Å². The number of sulfonamides is 1. The van der Waals surface area contributed by atoms with Gasteiger partial charge in [0.1, 0.15) is 0 Å². The van der Waals surface area contributed by atoms with Gasteiger partial charge < -0.3 is 10.1 Å². The highest BCUT2D eigenvalue weighted by Gasteiger charge is 2.14. The van der Waals surface area contributed by atoms with Gasteiger partial charge >= 0.3 is 0 Å². The maximum absolute atomic E-state index is 11.9. The van der Waals surface area contributed by atoms with Gasteiger partial charge in [-0.2, -0.15) is 0 Å². The number of carbonyl (C=O) groups excluding carboxylic acids is 1. The van der Waals surface area contributed by atoms with E-state index in [1.807, 2.05) is 0 Å². The van der Waals surface area contributed by atoms with E-state index in [-0.39, 0.29) is 11.4 Å². The first-order valence-corrected chi connectivity index (χ1v) is 8.03. The monoisotopic (exact) mass is 398 g/mol. The van der Waals surface area contributed by atoms with Gasteiger partial charge in [0.15, 0.2) is 0 Å². The van der Waals surface area contributed by atoms with Crippen LogP contribution in [0, 0.1) is 3.57 Å². The molecule has 0 aliphatic carbocycles. The lowest BCUT2D eigenvalue weighted by Gasteiger charge is -2.07. The fourth-order valence-electron chi connectivity index (χ4n) is 1.21. The largest absolute Gasteiger partial charge is 0.383 e. The Morgan fingerprint density at radius 2 is 1.95 bits per heavy atom. The first-order valence-electron chi connectivity index (χ1n) is 5.46. The normalized spacial score (nSPS) is 11.3. The van der Waals surface area contributed by atoms with Crippen molar-refractivity contribution >= 4 is 38.5 Å². The standard InChI is InChI=1S/C11H15IN2O4S/c1-18-7-6-13-11(15)8-14-19(16,17)10-4-2-9(12)3-5-10/h2-5,14H,6-8H2,1H3,(H,13,15). The highest BCUT2D eigenvalue weighted by atomic mass is 127. The SMILES string of the molecule is COCCNC(=O)CNS(=O)(=O)c1ccc(I)cc1. The molecule has 0 aromatic heterocycles. The molecule has 2 N–H and O–H groups in total. The number of hydrogen-bond donors (Lipinski definition) is 2. The lowest BCUT2D eigenvalue weighted by molar-refractivity contribution is -0.120. The molecule has 0 aliphatic heterocycles. The molecule has 0 heterocycles. The van der Waals surface area contributed by atoms with E-state index in [1.54, 1.807) is 12.1 Å². The van der Waals surface area contributed by atoms with Gasteiger partial charge in [0.05, 0.1) is 18.0 Å². The molecular formula is C11H15IN2O4S. The van der Waals surface area contributed by atoms with Crippen LogP contribution >= 0.6 is 22.6 Å². The molecule has 0 fully saturated rings. The van der Waals surface area contributed by atoms with Crippen molar-refractivity contribution in [1.29, 1.82) is 0 Å². The van der Waals surface area contributed by atoms with Crippen molar-refractivity contribution in [3.05, 3.63) is 27.8 Å². The molecule has 8 heteroatoms. The summed E-state index contributed by atoms with van der Waals surface area (Å²) in [5.74, 6) is -0.397. The van der Waals surface area contributed by atoms with E-state index in [0.717, 1.165) is 3.57 Å². The summed E-state index contributed by atoms with van der Waals surface area (Å²) >= 11 is 2.08. The number of methoxy groups -OCH3 is 1. The summed E-state index contributed by atoms with van der Waals surface area (Å²) in [6.07, 6.45) is 0. The van der Waals surface area contributed by atoms with Crippen LogP contribution in [0.15, 0.2) is 29.2 Å². The number of carbonyl (C=O) groups is 1. The summed E-state index contributed by atoms with van der Waals surface area (Å²) in [7, 11) is -2.13. The van der Waals surface area contributed by atoms with Crippen molar-refractivity contribution in [3.8, 4) is 0 Å². The maximum Gasteiger partial charge on any atom is 0.241 e. The fraction of sp³-hybridized carbons (Fsp3) is 0.364. The Morgan fingerprint density at radius 3 is 2.53 bits per heavy atom. The number of ether oxygens (including phenoxy) is 1. The summed E-state index contributed by atoms with van der Waals surface area (Å²) in [5, 5.41) is 2.52. The van der Waals surface area contributed by atoms with Crippen LogP contribution in [-0.4, -0.2) is 41.1 Å². The van der Waals surface area contributed by atoms with Crippen molar-refractivity contribution < 1.29 is 17.9 Å². The number of rotatable bonds is 7. The van der Waals surface area contributed by atoms with Crippen LogP contribution in [0.1, 0.15) is 0 Å². The van der Waals surface area contributed by atoms with Gasteiger partial charge in [-0.25, -0.2) is 13.1 Å². The predicted molar refractivity (Wildman–Crippen MR) is 79.2 cm³/mol. The molecule has 0 radical (unpaired) electrons. The third-order valence-electron chi connectivity index (χ3n) is 2.18. The average molecular weight is 398 g/mol. The second-order valence-corrected chi connectivity index (χ2v) is 6.63. The molecule has 0 aliphatic rings. The average Bonchev–Trinajstić information content (AvgIpc) is 2.37. The molecule has 0 unspecified atom stereocenters. The summed E-state index contributed by atoms with van der Waals surface area (Å²) in [6.45, 7) is 0.439. The van der Waals surface area contributed by atoms with Gasteiger partial charge in [-0.15, -0.1) is 0 Å². The molecule has 19 heavy (non-hydrogen) atoms. The zero-order valence-corrected chi connectivity index (χ0v) is 13.3. The Hall–Kier alpha value is -0.710. The Balaban J connectivity index is 2.51. The highest BCUT2D eigenvalue weighted by Crippen LogP contribution is 2.11. The summed E-state index contributed by atoms with van der Waals surface area (Å²) < 4.78 is 31.7. The van der Waals surface area contributed by atoms with Crippen LogP contribution in [0.5, 0.6) is 0 Å². The van der Waals surface area contributed by atoms with Crippen LogP contribution in [0.4, 0.5) is 0 Å². The van der Waals surface area contributed by atoms with Crippen LogP contribution in [0.25, 0.3) is 0 Å². The molecule has 1 rings (SSSR count). The number of nitrogens with one attached hydrogen (secondary N) is 2. The molecular weight excluding hydrogens is 383 g/mol. The Bertz CT molecular complexity index is 516. The zero-order chi connectivity index (χ0) is 14.3. The summed E-state index contributed by atoms with van der Waals surface area (Å²) in [6, 6.07) is 6.36. The lowest BCUT2D eigenvalue weighted by Crippen LogP contribution is -2.38. The van der Waals surface area contributed by atoms with Crippen molar-refractivity contribution in [1.82, 2.24) is 10.0 Å². The number of benzene rings is 1. The summed E-state index contributed by atoms with van der Waals surface area (Å²) in [4.78, 5) is 11.5. The minimum absolute atomic E-state index is 0.137.